The van der Waals surface area contributed by atoms with Gasteiger partial charge in [-0.2, -0.15) is 0 Å². The van der Waals surface area contributed by atoms with Crippen LogP contribution >= 0.6 is 0 Å². The lowest BCUT2D eigenvalue weighted by atomic mass is 9.83. The smallest absolute Gasteiger partial charge is 0.317 e. The second-order valence-electron chi connectivity index (χ2n) is 6.82. The Hall–Kier alpha value is -2.29. The van der Waals surface area contributed by atoms with Crippen LogP contribution in [0.5, 0.6) is 5.75 Å². The number of benzene rings is 1. The summed E-state index contributed by atoms with van der Waals surface area (Å²) in [7, 11) is -1.82. The van der Waals surface area contributed by atoms with Crippen molar-refractivity contribution in [2.24, 2.45) is 11.7 Å². The molecule has 26 heavy (non-hydrogen) atoms. The Morgan fingerprint density at radius 3 is 2.77 bits per heavy atom. The Balaban J connectivity index is 1.54. The molecule has 1 atom stereocenters. The fraction of sp³-hybridized carbons (Fsp3) is 0.529. The number of nitrogens with one attached hydrogen (secondary N) is 1. The van der Waals surface area contributed by atoms with E-state index in [4.69, 9.17) is 10.5 Å². The van der Waals surface area contributed by atoms with Crippen molar-refractivity contribution in [2.45, 2.75) is 17.6 Å². The highest BCUT2D eigenvalue weighted by Crippen LogP contribution is 2.44. The summed E-state index contributed by atoms with van der Waals surface area (Å²) in [6.45, 7) is 0.462. The van der Waals surface area contributed by atoms with Gasteiger partial charge in [-0.15, -0.1) is 0 Å². The predicted octanol–water partition coefficient (Wildman–Crippen LogP) is -0.0783. The van der Waals surface area contributed by atoms with Gasteiger partial charge >= 0.3 is 6.03 Å². The molecule has 0 aromatic heterocycles. The molecule has 9 heteroatoms. The minimum atomic E-state index is -3.42. The number of carbonyl (C=O) groups excluding carboxylic acids is 2. The molecule has 3 rings (SSSR count). The minimum absolute atomic E-state index is 0.0218. The van der Waals surface area contributed by atoms with Crippen molar-refractivity contribution in [1.29, 1.82) is 0 Å². The summed E-state index contributed by atoms with van der Waals surface area (Å²) >= 11 is 0. The molecule has 2 saturated heterocycles. The van der Waals surface area contributed by atoms with Gasteiger partial charge in [0.2, 0.25) is 5.91 Å². The first-order valence-electron chi connectivity index (χ1n) is 8.46. The van der Waals surface area contributed by atoms with E-state index in [-0.39, 0.29) is 31.3 Å². The molecule has 1 aromatic rings. The number of carbonyl (C=O) groups is 2. The van der Waals surface area contributed by atoms with Crippen LogP contribution in [0.1, 0.15) is 12.0 Å². The van der Waals surface area contributed by atoms with Crippen molar-refractivity contribution < 1.29 is 22.7 Å². The van der Waals surface area contributed by atoms with Crippen LogP contribution in [0.25, 0.3) is 0 Å². The van der Waals surface area contributed by atoms with Gasteiger partial charge in [-0.1, -0.05) is 12.1 Å². The summed E-state index contributed by atoms with van der Waals surface area (Å²) in [5.74, 6) is -0.619. The zero-order chi connectivity index (χ0) is 18.9. The van der Waals surface area contributed by atoms with Gasteiger partial charge in [-0.25, -0.2) is 13.2 Å². The first-order chi connectivity index (χ1) is 12.3. The van der Waals surface area contributed by atoms with Gasteiger partial charge in [0, 0.05) is 19.6 Å². The molecule has 8 nitrogen and oxygen atoms in total. The van der Waals surface area contributed by atoms with E-state index in [2.05, 4.69) is 5.32 Å². The number of hydrogen-bond donors (Lipinski definition) is 2. The van der Waals surface area contributed by atoms with Gasteiger partial charge in [-0.3, -0.25) is 4.79 Å². The molecule has 3 N–H and O–H groups in total. The van der Waals surface area contributed by atoms with E-state index < -0.39 is 26.4 Å². The topological polar surface area (TPSA) is 119 Å². The highest BCUT2D eigenvalue weighted by molar-refractivity contribution is 7.93. The first kappa shape index (κ1) is 18.5. The highest BCUT2D eigenvalue weighted by Gasteiger charge is 2.64. The first-order valence-corrected chi connectivity index (χ1v) is 10.1. The van der Waals surface area contributed by atoms with Crippen LogP contribution in [-0.4, -0.2) is 62.5 Å². The van der Waals surface area contributed by atoms with Gasteiger partial charge in [0.05, 0.1) is 18.8 Å². The van der Waals surface area contributed by atoms with Crippen molar-refractivity contribution in [3.8, 4) is 5.75 Å². The van der Waals surface area contributed by atoms with Crippen LogP contribution < -0.4 is 15.8 Å². The second-order valence-corrected chi connectivity index (χ2v) is 9.27. The van der Waals surface area contributed by atoms with Gasteiger partial charge in [0.15, 0.2) is 9.84 Å². The van der Waals surface area contributed by atoms with Crippen molar-refractivity contribution >= 4 is 21.8 Å². The average molecular weight is 381 g/mol. The van der Waals surface area contributed by atoms with E-state index >= 15 is 0 Å². The summed E-state index contributed by atoms with van der Waals surface area (Å²) in [4.78, 5) is 25.3. The molecule has 0 aliphatic carbocycles. The number of nitrogens with zero attached hydrogens (tertiary/aromatic N) is 1. The van der Waals surface area contributed by atoms with E-state index in [1.54, 1.807) is 7.11 Å². The van der Waals surface area contributed by atoms with E-state index in [0.29, 0.717) is 13.0 Å². The molecule has 1 unspecified atom stereocenters. The monoisotopic (exact) mass is 381 g/mol. The number of primary amides is 1. The standard InChI is InChI=1S/C17H23N3O5S/c1-25-13-4-2-3-12(9-13)5-7-19-16(22)20-10-17(11-20)14(15(18)21)6-8-26(17,23)24/h2-4,9,14H,5-8,10-11H2,1H3,(H2,18,21)(H,19,22). The van der Waals surface area contributed by atoms with E-state index in [9.17, 15) is 18.0 Å². The highest BCUT2D eigenvalue weighted by atomic mass is 32.2. The maximum atomic E-state index is 12.3. The maximum Gasteiger partial charge on any atom is 0.317 e. The number of hydrogen-bond acceptors (Lipinski definition) is 5. The van der Waals surface area contributed by atoms with E-state index in [1.165, 1.54) is 4.90 Å². The number of sulfone groups is 1. The van der Waals surface area contributed by atoms with Crippen molar-refractivity contribution in [1.82, 2.24) is 10.2 Å². The lowest BCUT2D eigenvalue weighted by Gasteiger charge is -2.48. The third kappa shape index (κ3) is 3.11. The predicted molar refractivity (Wildman–Crippen MR) is 95.5 cm³/mol. The van der Waals surface area contributed by atoms with Gasteiger partial charge in [-0.05, 0) is 30.5 Å². The van der Waals surface area contributed by atoms with E-state index in [0.717, 1.165) is 11.3 Å². The molecule has 2 aliphatic heterocycles. The minimum Gasteiger partial charge on any atom is -0.497 e. The molecule has 0 radical (unpaired) electrons. The Morgan fingerprint density at radius 1 is 1.38 bits per heavy atom. The molecule has 0 saturated carbocycles. The normalized spacial score (nSPS) is 22.7. The molecule has 1 spiro atoms. The number of methoxy groups -OCH3 is 1. The number of ether oxygens (including phenoxy) is 1. The SMILES string of the molecule is COc1cccc(CCNC(=O)N2CC3(C2)C(C(N)=O)CCS3(=O)=O)c1. The third-order valence-electron chi connectivity index (χ3n) is 5.30. The molecule has 142 valence electrons. The van der Waals surface area contributed by atoms with Gasteiger partial charge in [0.25, 0.3) is 0 Å². The lowest BCUT2D eigenvalue weighted by molar-refractivity contribution is -0.124. The number of rotatable bonds is 5. The Bertz CT molecular complexity index is 817. The lowest BCUT2D eigenvalue weighted by Crippen LogP contribution is -2.71. The quantitative estimate of drug-likeness (QED) is 0.740. The zero-order valence-corrected chi connectivity index (χ0v) is 15.4. The number of urea groups is 1. The fourth-order valence-corrected chi connectivity index (χ4v) is 6.10. The molecular formula is C17H23N3O5S. The summed E-state index contributed by atoms with van der Waals surface area (Å²) in [5, 5.41) is 2.78. The zero-order valence-electron chi connectivity index (χ0n) is 14.6. The molecule has 2 heterocycles. The average Bonchev–Trinajstić information content (AvgIpc) is 2.84. The third-order valence-corrected chi connectivity index (χ3v) is 7.86. The van der Waals surface area contributed by atoms with Crippen LogP contribution in [0, 0.1) is 5.92 Å². The van der Waals surface area contributed by atoms with Crippen LogP contribution in [-0.2, 0) is 21.1 Å². The molecule has 1 aromatic carbocycles. The van der Waals surface area contributed by atoms with Crippen LogP contribution in [0.3, 0.4) is 0 Å². The van der Waals surface area contributed by atoms with Crippen molar-refractivity contribution in [3.05, 3.63) is 29.8 Å². The van der Waals surface area contributed by atoms with Crippen LogP contribution in [0.4, 0.5) is 4.79 Å². The molecular weight excluding hydrogens is 358 g/mol. The Morgan fingerprint density at radius 2 is 2.12 bits per heavy atom. The molecule has 2 fully saturated rings. The van der Waals surface area contributed by atoms with Crippen molar-refractivity contribution in [3.63, 3.8) is 0 Å². The molecule has 2 aliphatic rings. The summed E-state index contributed by atoms with van der Waals surface area (Å²) in [6.07, 6.45) is 0.868. The number of nitrogens with two attached hydrogens (primary N) is 1. The van der Waals surface area contributed by atoms with Crippen molar-refractivity contribution in [2.75, 3.05) is 32.5 Å². The second kappa shape index (κ2) is 6.79. The summed E-state index contributed by atoms with van der Waals surface area (Å²) in [6, 6.07) is 7.23. The Labute approximate surface area is 152 Å². The summed E-state index contributed by atoms with van der Waals surface area (Å²) < 4.78 is 28.6. The van der Waals surface area contributed by atoms with Crippen LogP contribution in [0.15, 0.2) is 24.3 Å². The number of amides is 3. The number of likely N-dealkylation sites (tertiary alicyclic amines) is 1. The molecule has 3 amide bonds. The maximum absolute atomic E-state index is 12.3. The summed E-state index contributed by atoms with van der Waals surface area (Å²) in [5.41, 5.74) is 6.39. The fourth-order valence-electron chi connectivity index (χ4n) is 3.77. The van der Waals surface area contributed by atoms with E-state index in [1.807, 2.05) is 24.3 Å². The van der Waals surface area contributed by atoms with Crippen LogP contribution in [0.2, 0.25) is 0 Å². The largest absolute Gasteiger partial charge is 0.497 e. The van der Waals surface area contributed by atoms with Gasteiger partial charge < -0.3 is 20.7 Å². The molecule has 0 bridgehead atoms. The Kier molecular flexibility index (Phi) is 4.83. The van der Waals surface area contributed by atoms with Gasteiger partial charge in [0.1, 0.15) is 10.5 Å².